The Morgan fingerprint density at radius 3 is 1.53 bits per heavy atom. The highest BCUT2D eigenvalue weighted by atomic mass is 19.4. The number of anilines is 1. The van der Waals surface area contributed by atoms with E-state index in [0.29, 0.717) is 12.1 Å². The molecule has 1 aromatic carbocycles. The van der Waals surface area contributed by atoms with Crippen LogP contribution in [0.2, 0.25) is 0 Å². The maximum absolute atomic E-state index is 14.4. The van der Waals surface area contributed by atoms with Crippen molar-refractivity contribution in [1.29, 1.82) is 0 Å². The first kappa shape index (κ1) is 27.7. The van der Waals surface area contributed by atoms with Crippen molar-refractivity contribution in [2.45, 2.75) is 42.2 Å². The van der Waals surface area contributed by atoms with Crippen LogP contribution >= 0.6 is 0 Å². The van der Waals surface area contributed by atoms with Crippen molar-refractivity contribution >= 4 is 11.6 Å². The van der Waals surface area contributed by atoms with E-state index < -0.39 is 58.7 Å². The number of ether oxygens (including phenoxy) is 2. The first-order valence-corrected chi connectivity index (χ1v) is 8.11. The second kappa shape index (κ2) is 7.72. The lowest BCUT2D eigenvalue weighted by Gasteiger charge is -2.54. The summed E-state index contributed by atoms with van der Waals surface area (Å²) in [5.74, 6) is -18.3. The molecule has 1 aliphatic rings. The van der Waals surface area contributed by atoms with Gasteiger partial charge in [-0.25, -0.2) is 0 Å². The van der Waals surface area contributed by atoms with Gasteiger partial charge in [-0.15, -0.1) is 4.90 Å². The number of hydrogen-bond donors (Lipinski definition) is 1. The molecule has 0 aliphatic carbocycles. The molecule has 2 rings (SSSR count). The van der Waals surface area contributed by atoms with E-state index in [2.05, 4.69) is 4.74 Å². The summed E-state index contributed by atoms with van der Waals surface area (Å²) < 4.78 is 197. The van der Waals surface area contributed by atoms with Crippen LogP contribution in [0.4, 0.5) is 67.2 Å². The van der Waals surface area contributed by atoms with Crippen LogP contribution in [0.5, 0.6) is 5.75 Å². The smallest absolute Gasteiger partial charge is 0.456 e. The third-order valence-electron chi connectivity index (χ3n) is 4.25. The van der Waals surface area contributed by atoms with Crippen molar-refractivity contribution in [3.8, 4) is 5.75 Å². The molecule has 0 spiro atoms. The van der Waals surface area contributed by atoms with Gasteiger partial charge >= 0.3 is 48.1 Å². The lowest BCUT2D eigenvalue weighted by molar-refractivity contribution is -0.592. The second-order valence-corrected chi connectivity index (χ2v) is 6.43. The monoisotopic (exact) mass is 530 g/mol. The van der Waals surface area contributed by atoms with Crippen molar-refractivity contribution in [3.05, 3.63) is 24.3 Å². The Kier molecular flexibility index (Phi) is 6.28. The number of methoxy groups -OCH3 is 1. The van der Waals surface area contributed by atoms with Crippen LogP contribution in [-0.4, -0.2) is 60.1 Å². The number of rotatable bonds is 4. The number of halogens is 14. The summed E-state index contributed by atoms with van der Waals surface area (Å²) in [4.78, 5) is 7.97. The van der Waals surface area contributed by atoms with Crippen molar-refractivity contribution in [2.24, 2.45) is 0 Å². The van der Waals surface area contributed by atoms with Crippen molar-refractivity contribution in [3.63, 3.8) is 0 Å². The van der Waals surface area contributed by atoms with Crippen LogP contribution in [0.3, 0.4) is 0 Å². The summed E-state index contributed by atoms with van der Waals surface area (Å²) in [6, 6.07) is -18.7. The molecule has 1 N–H and O–H groups in total. The molecule has 0 radical (unpaired) electrons. The summed E-state index contributed by atoms with van der Waals surface area (Å²) in [6.07, 6.45) is -15.0. The molecule has 1 fully saturated rings. The van der Waals surface area contributed by atoms with Crippen LogP contribution in [0.1, 0.15) is 0 Å². The molecule has 1 saturated heterocycles. The van der Waals surface area contributed by atoms with Gasteiger partial charge in [0.1, 0.15) is 5.75 Å². The Morgan fingerprint density at radius 2 is 1.21 bits per heavy atom. The molecule has 0 aromatic heterocycles. The summed E-state index contributed by atoms with van der Waals surface area (Å²) in [5.41, 5.74) is -0.852. The highest BCUT2D eigenvalue weighted by molar-refractivity contribution is 5.95. The van der Waals surface area contributed by atoms with Crippen LogP contribution in [0.25, 0.3) is 0 Å². The molecule has 0 saturated carbocycles. The molecule has 1 aliphatic heterocycles. The fourth-order valence-electron chi connectivity index (χ4n) is 2.57. The Labute approximate surface area is 178 Å². The predicted octanol–water partition coefficient (Wildman–Crippen LogP) is 5.20. The van der Waals surface area contributed by atoms with Gasteiger partial charge in [-0.3, -0.25) is 9.53 Å². The standard InChI is InChI=1S/C15H8F14N2O3/c1-33-7-4-2-6(3-5-7)30-8(32)9(16,17)31-14(26,27)10(18,12(20,21)22)34-11(19,13(23,24)25)15(31,28)29/h2-5H,1H3,(H,30,32). The summed E-state index contributed by atoms with van der Waals surface area (Å²) in [7, 11) is 1.10. The van der Waals surface area contributed by atoms with E-state index in [0.717, 1.165) is 24.6 Å². The molecule has 1 aromatic rings. The Hall–Kier alpha value is -2.57. The highest BCUT2D eigenvalue weighted by Crippen LogP contribution is 2.64. The van der Waals surface area contributed by atoms with Crippen molar-refractivity contribution in [2.75, 3.05) is 12.4 Å². The molecule has 1 heterocycles. The fraction of sp³-hybridized carbons (Fsp3) is 0.533. The van der Waals surface area contributed by atoms with E-state index in [1.54, 1.807) is 0 Å². The molecule has 34 heavy (non-hydrogen) atoms. The van der Waals surface area contributed by atoms with Gasteiger partial charge in [0, 0.05) is 5.69 Å². The number of nitrogens with one attached hydrogen (secondary N) is 1. The van der Waals surface area contributed by atoms with Crippen molar-refractivity contribution in [1.82, 2.24) is 4.90 Å². The van der Waals surface area contributed by atoms with Gasteiger partial charge in [0.05, 0.1) is 7.11 Å². The van der Waals surface area contributed by atoms with Gasteiger partial charge < -0.3 is 10.1 Å². The van der Waals surface area contributed by atoms with Gasteiger partial charge in [0.15, 0.2) is 0 Å². The summed E-state index contributed by atoms with van der Waals surface area (Å²) >= 11 is 0. The van der Waals surface area contributed by atoms with E-state index in [1.165, 1.54) is 0 Å². The molecule has 0 bridgehead atoms. The number of morpholine rings is 1. The SMILES string of the molecule is COc1ccc(NC(=O)C(F)(F)N2C(F)(F)C(F)(C(F)(F)F)OC(F)(C(F)(F)F)C2(F)F)cc1. The highest BCUT2D eigenvalue weighted by Gasteiger charge is 2.95. The van der Waals surface area contributed by atoms with E-state index in [1.807, 2.05) is 4.74 Å². The number of carbonyl (C=O) groups excluding carboxylic acids is 1. The molecular formula is C15H8F14N2O3. The van der Waals surface area contributed by atoms with Crippen LogP contribution in [0.15, 0.2) is 24.3 Å². The number of amides is 1. The minimum Gasteiger partial charge on any atom is -0.497 e. The quantitative estimate of drug-likeness (QED) is 0.430. The minimum absolute atomic E-state index is 0.0178. The number of carbonyl (C=O) groups is 1. The molecule has 194 valence electrons. The third-order valence-corrected chi connectivity index (χ3v) is 4.25. The Balaban J connectivity index is 2.70. The van der Waals surface area contributed by atoms with Gasteiger partial charge in [-0.1, -0.05) is 0 Å². The summed E-state index contributed by atoms with van der Waals surface area (Å²) in [6.45, 7) is 0. The second-order valence-electron chi connectivity index (χ2n) is 6.43. The van der Waals surface area contributed by atoms with E-state index in [9.17, 15) is 66.3 Å². The molecule has 2 atom stereocenters. The fourth-order valence-corrected chi connectivity index (χ4v) is 2.57. The molecule has 2 unspecified atom stereocenters. The maximum atomic E-state index is 14.4. The Morgan fingerprint density at radius 1 is 0.824 bits per heavy atom. The first-order valence-electron chi connectivity index (χ1n) is 8.11. The van der Waals surface area contributed by atoms with Gasteiger partial charge in [0.25, 0.3) is 0 Å². The number of alkyl halides is 14. The largest absolute Gasteiger partial charge is 0.497 e. The number of nitrogens with zero attached hydrogens (tertiary/aromatic N) is 1. The van der Waals surface area contributed by atoms with Gasteiger partial charge in [0.2, 0.25) is 0 Å². The third kappa shape index (κ3) is 3.77. The topological polar surface area (TPSA) is 50.8 Å². The van der Waals surface area contributed by atoms with Crippen LogP contribution < -0.4 is 10.1 Å². The summed E-state index contributed by atoms with van der Waals surface area (Å²) in [5, 5.41) is 0.938. The maximum Gasteiger partial charge on any atom is 0.456 e. The van der Waals surface area contributed by atoms with E-state index >= 15 is 0 Å². The minimum atomic E-state index is -7.50. The van der Waals surface area contributed by atoms with Crippen LogP contribution in [0, 0.1) is 0 Å². The lowest BCUT2D eigenvalue weighted by atomic mass is 10.0. The van der Waals surface area contributed by atoms with Crippen LogP contribution in [-0.2, 0) is 9.53 Å². The molecule has 5 nitrogen and oxygen atoms in total. The zero-order chi connectivity index (χ0) is 26.8. The van der Waals surface area contributed by atoms with E-state index in [4.69, 9.17) is 0 Å². The first-order chi connectivity index (χ1) is 15.0. The lowest BCUT2D eigenvalue weighted by Crippen LogP contribution is -2.85. The average Bonchev–Trinajstić information content (AvgIpc) is 2.64. The number of hydrogen-bond acceptors (Lipinski definition) is 4. The van der Waals surface area contributed by atoms with E-state index in [-0.39, 0.29) is 5.75 Å². The predicted molar refractivity (Wildman–Crippen MR) is 79.2 cm³/mol. The normalized spacial score (nSPS) is 27.9. The average molecular weight is 530 g/mol. The molecule has 19 heteroatoms. The molecule has 1 amide bonds. The number of benzene rings is 1. The molecular weight excluding hydrogens is 522 g/mol. The Bertz CT molecular complexity index is 894. The zero-order valence-corrected chi connectivity index (χ0v) is 15.8. The van der Waals surface area contributed by atoms with Gasteiger partial charge in [-0.2, -0.15) is 61.5 Å². The van der Waals surface area contributed by atoms with Crippen molar-refractivity contribution < 1.29 is 75.7 Å². The van der Waals surface area contributed by atoms with Gasteiger partial charge in [-0.05, 0) is 24.3 Å². The zero-order valence-electron chi connectivity index (χ0n) is 15.8.